The number of likely N-dealkylation sites (N-methyl/N-ethyl adjacent to an activating group) is 1. The lowest BCUT2D eigenvalue weighted by atomic mass is 10.1. The molecule has 1 N–H and O–H groups in total. The topological polar surface area (TPSA) is 54.0 Å². The zero-order valence-corrected chi connectivity index (χ0v) is 18.8. The highest BCUT2D eigenvalue weighted by Crippen LogP contribution is 2.37. The van der Waals surface area contributed by atoms with Gasteiger partial charge in [0.25, 0.3) is 5.91 Å². The standard InChI is InChI=1S/C23H30ClN3O3/c1-16(2)15-30-22-18(24)13-17(14-21(22)29-4)23(28)25-19-7-5-6-8-20(19)27-11-9-26(3)10-12-27/h5-8,13-14,16H,9-12,15H2,1-4H3,(H,25,28). The van der Waals surface area contributed by atoms with Crippen LogP contribution in [0.4, 0.5) is 11.4 Å². The molecule has 1 heterocycles. The van der Waals surface area contributed by atoms with Crippen molar-refractivity contribution in [2.24, 2.45) is 5.92 Å². The van der Waals surface area contributed by atoms with Gasteiger partial charge in [0.2, 0.25) is 0 Å². The van der Waals surface area contributed by atoms with Crippen molar-refractivity contribution in [1.82, 2.24) is 4.90 Å². The molecule has 0 atom stereocenters. The first-order chi connectivity index (χ1) is 14.4. The van der Waals surface area contributed by atoms with E-state index in [1.165, 1.54) is 7.11 Å². The lowest BCUT2D eigenvalue weighted by molar-refractivity contribution is 0.102. The second kappa shape index (κ2) is 10.0. The van der Waals surface area contributed by atoms with E-state index in [-0.39, 0.29) is 5.91 Å². The minimum atomic E-state index is -0.243. The van der Waals surface area contributed by atoms with E-state index in [0.29, 0.717) is 34.6 Å². The highest BCUT2D eigenvalue weighted by atomic mass is 35.5. The number of nitrogens with one attached hydrogen (secondary N) is 1. The largest absolute Gasteiger partial charge is 0.493 e. The molecule has 6 nitrogen and oxygen atoms in total. The van der Waals surface area contributed by atoms with E-state index in [9.17, 15) is 4.79 Å². The van der Waals surface area contributed by atoms with Gasteiger partial charge in [0.05, 0.1) is 30.1 Å². The van der Waals surface area contributed by atoms with Gasteiger partial charge in [0.1, 0.15) is 0 Å². The van der Waals surface area contributed by atoms with E-state index in [1.54, 1.807) is 12.1 Å². The quantitative estimate of drug-likeness (QED) is 0.704. The molecule has 0 aromatic heterocycles. The number of piperazine rings is 1. The Hall–Kier alpha value is -2.44. The summed E-state index contributed by atoms with van der Waals surface area (Å²) < 4.78 is 11.2. The van der Waals surface area contributed by atoms with Gasteiger partial charge in [-0.2, -0.15) is 0 Å². The number of nitrogens with zero attached hydrogens (tertiary/aromatic N) is 2. The van der Waals surface area contributed by atoms with Crippen LogP contribution in [0.2, 0.25) is 5.02 Å². The number of anilines is 2. The molecule has 0 radical (unpaired) electrons. The maximum absolute atomic E-state index is 13.0. The third-order valence-corrected chi connectivity index (χ3v) is 5.33. The molecule has 1 aliphatic rings. The van der Waals surface area contributed by atoms with Crippen molar-refractivity contribution >= 4 is 28.9 Å². The minimum absolute atomic E-state index is 0.243. The first kappa shape index (κ1) is 22.2. The average molecular weight is 432 g/mol. The van der Waals surface area contributed by atoms with Crippen LogP contribution in [0.1, 0.15) is 24.2 Å². The summed E-state index contributed by atoms with van der Waals surface area (Å²) in [5.74, 6) is 1.01. The lowest BCUT2D eigenvalue weighted by Crippen LogP contribution is -2.44. The predicted molar refractivity (Wildman–Crippen MR) is 122 cm³/mol. The van der Waals surface area contributed by atoms with Crippen molar-refractivity contribution in [3.8, 4) is 11.5 Å². The third-order valence-electron chi connectivity index (χ3n) is 5.05. The number of carbonyl (C=O) groups excluding carboxylic acids is 1. The van der Waals surface area contributed by atoms with Crippen molar-refractivity contribution in [2.75, 3.05) is 57.2 Å². The number of para-hydroxylation sites is 2. The van der Waals surface area contributed by atoms with Crippen LogP contribution in [0.5, 0.6) is 11.5 Å². The van der Waals surface area contributed by atoms with E-state index in [1.807, 2.05) is 24.3 Å². The molecule has 162 valence electrons. The van der Waals surface area contributed by atoms with E-state index in [0.717, 1.165) is 37.6 Å². The monoisotopic (exact) mass is 431 g/mol. The van der Waals surface area contributed by atoms with Crippen LogP contribution in [0.25, 0.3) is 0 Å². The van der Waals surface area contributed by atoms with E-state index in [2.05, 4.69) is 36.0 Å². The van der Waals surface area contributed by atoms with Crippen molar-refractivity contribution in [3.63, 3.8) is 0 Å². The third kappa shape index (κ3) is 5.37. The Labute approximate surface area is 183 Å². The Morgan fingerprint density at radius 3 is 2.53 bits per heavy atom. The number of hydrogen-bond donors (Lipinski definition) is 1. The van der Waals surface area contributed by atoms with Crippen LogP contribution in [0.3, 0.4) is 0 Å². The fourth-order valence-electron chi connectivity index (χ4n) is 3.34. The zero-order valence-electron chi connectivity index (χ0n) is 18.1. The first-order valence-corrected chi connectivity index (χ1v) is 10.6. The van der Waals surface area contributed by atoms with Gasteiger partial charge in [-0.05, 0) is 37.2 Å². The Balaban J connectivity index is 1.80. The molecule has 0 bridgehead atoms. The van der Waals surface area contributed by atoms with Gasteiger partial charge in [-0.1, -0.05) is 37.6 Å². The number of benzene rings is 2. The summed E-state index contributed by atoms with van der Waals surface area (Å²) in [6, 6.07) is 11.2. The second-order valence-corrected chi connectivity index (χ2v) is 8.36. The summed E-state index contributed by atoms with van der Waals surface area (Å²) in [5, 5.41) is 3.39. The number of ether oxygens (including phenoxy) is 2. The van der Waals surface area contributed by atoms with E-state index in [4.69, 9.17) is 21.1 Å². The molecule has 30 heavy (non-hydrogen) atoms. The molecule has 1 fully saturated rings. The lowest BCUT2D eigenvalue weighted by Gasteiger charge is -2.35. The summed E-state index contributed by atoms with van der Waals surface area (Å²) >= 11 is 6.41. The fraction of sp³-hybridized carbons (Fsp3) is 0.435. The molecule has 7 heteroatoms. The summed E-state index contributed by atoms with van der Waals surface area (Å²) in [6.07, 6.45) is 0. The number of amides is 1. The van der Waals surface area contributed by atoms with E-state index >= 15 is 0 Å². The normalized spacial score (nSPS) is 14.7. The second-order valence-electron chi connectivity index (χ2n) is 7.96. The van der Waals surface area contributed by atoms with Crippen LogP contribution in [0.15, 0.2) is 36.4 Å². The van der Waals surface area contributed by atoms with Crippen LogP contribution in [-0.2, 0) is 0 Å². The van der Waals surface area contributed by atoms with Gasteiger partial charge in [-0.25, -0.2) is 0 Å². The Morgan fingerprint density at radius 1 is 1.17 bits per heavy atom. The Bertz CT molecular complexity index is 880. The predicted octanol–water partition coefficient (Wildman–Crippen LogP) is 4.39. The number of hydrogen-bond acceptors (Lipinski definition) is 5. The SMILES string of the molecule is COc1cc(C(=O)Nc2ccccc2N2CCN(C)CC2)cc(Cl)c1OCC(C)C. The van der Waals surface area contributed by atoms with Crippen molar-refractivity contribution in [3.05, 3.63) is 47.0 Å². The molecule has 2 aromatic rings. The summed E-state index contributed by atoms with van der Waals surface area (Å²) in [6.45, 7) is 8.45. The molecule has 0 spiro atoms. The van der Waals surface area contributed by atoms with Gasteiger partial charge >= 0.3 is 0 Å². The number of rotatable bonds is 7. The van der Waals surface area contributed by atoms with Crippen molar-refractivity contribution < 1.29 is 14.3 Å². The van der Waals surface area contributed by atoms with Gasteiger partial charge in [-0.3, -0.25) is 4.79 Å². The van der Waals surface area contributed by atoms with Crippen LogP contribution < -0.4 is 19.7 Å². The van der Waals surface area contributed by atoms with Crippen LogP contribution in [-0.4, -0.2) is 57.8 Å². The molecule has 0 unspecified atom stereocenters. The van der Waals surface area contributed by atoms with Gasteiger partial charge in [-0.15, -0.1) is 0 Å². The maximum Gasteiger partial charge on any atom is 0.255 e. The van der Waals surface area contributed by atoms with Gasteiger partial charge in [0, 0.05) is 31.7 Å². The van der Waals surface area contributed by atoms with Gasteiger partial charge < -0.3 is 24.6 Å². The molecular weight excluding hydrogens is 402 g/mol. The Kier molecular flexibility index (Phi) is 7.45. The molecule has 0 aliphatic carbocycles. The maximum atomic E-state index is 13.0. The average Bonchev–Trinajstić information content (AvgIpc) is 2.73. The van der Waals surface area contributed by atoms with Crippen LogP contribution in [0, 0.1) is 5.92 Å². The van der Waals surface area contributed by atoms with E-state index < -0.39 is 0 Å². The van der Waals surface area contributed by atoms with Gasteiger partial charge in [0.15, 0.2) is 11.5 Å². The minimum Gasteiger partial charge on any atom is -0.493 e. The molecular formula is C23H30ClN3O3. The number of halogens is 1. The molecule has 1 saturated heterocycles. The van der Waals surface area contributed by atoms with Crippen molar-refractivity contribution in [2.45, 2.75) is 13.8 Å². The highest BCUT2D eigenvalue weighted by molar-refractivity contribution is 6.32. The summed E-state index contributed by atoms with van der Waals surface area (Å²) in [7, 11) is 3.66. The molecule has 2 aromatic carbocycles. The number of carbonyl (C=O) groups is 1. The smallest absolute Gasteiger partial charge is 0.255 e. The molecule has 0 saturated carbocycles. The Morgan fingerprint density at radius 2 is 1.87 bits per heavy atom. The number of methoxy groups -OCH3 is 1. The van der Waals surface area contributed by atoms with Crippen molar-refractivity contribution in [1.29, 1.82) is 0 Å². The summed E-state index contributed by atoms with van der Waals surface area (Å²) in [4.78, 5) is 17.6. The fourth-order valence-corrected chi connectivity index (χ4v) is 3.60. The first-order valence-electron chi connectivity index (χ1n) is 10.2. The molecule has 1 amide bonds. The molecule has 3 rings (SSSR count). The highest BCUT2D eigenvalue weighted by Gasteiger charge is 2.20. The summed E-state index contributed by atoms with van der Waals surface area (Å²) in [5.41, 5.74) is 2.22. The molecule has 1 aliphatic heterocycles. The zero-order chi connectivity index (χ0) is 21.7. The van der Waals surface area contributed by atoms with Crippen LogP contribution >= 0.6 is 11.6 Å².